The Morgan fingerprint density at radius 3 is 2.83 bits per heavy atom. The van der Waals surface area contributed by atoms with Crippen LogP contribution >= 0.6 is 0 Å². The van der Waals surface area contributed by atoms with Gasteiger partial charge in [0.05, 0.1) is 24.4 Å². The number of aryl methyl sites for hydroxylation is 1. The number of carbonyl (C=O) groups is 2. The lowest BCUT2D eigenvalue weighted by Crippen LogP contribution is -2.28. The third kappa shape index (κ3) is 2.81. The lowest BCUT2D eigenvalue weighted by Gasteiger charge is -2.15. The molecule has 1 fully saturated rings. The van der Waals surface area contributed by atoms with Gasteiger partial charge in [-0.2, -0.15) is 5.10 Å². The summed E-state index contributed by atoms with van der Waals surface area (Å²) in [5.74, 6) is 0.267. The minimum absolute atomic E-state index is 0.0167. The molecule has 2 aromatic heterocycles. The van der Waals surface area contributed by atoms with Crippen molar-refractivity contribution in [2.45, 2.75) is 40.2 Å². The van der Waals surface area contributed by atoms with E-state index in [2.05, 4.69) is 12.0 Å². The molecule has 1 unspecified atom stereocenters. The van der Waals surface area contributed by atoms with Gasteiger partial charge in [-0.05, 0) is 38.0 Å². The van der Waals surface area contributed by atoms with Gasteiger partial charge in [-0.3, -0.25) is 9.59 Å². The van der Waals surface area contributed by atoms with Gasteiger partial charge in [-0.1, -0.05) is 6.92 Å². The zero-order valence-electron chi connectivity index (χ0n) is 13.7. The quantitative estimate of drug-likeness (QED) is 0.868. The van der Waals surface area contributed by atoms with Crippen molar-refractivity contribution < 1.29 is 14.0 Å². The summed E-state index contributed by atoms with van der Waals surface area (Å²) in [7, 11) is 0. The van der Waals surface area contributed by atoms with Crippen molar-refractivity contribution in [3.63, 3.8) is 0 Å². The number of rotatable bonds is 4. The molecule has 3 heterocycles. The average molecular weight is 315 g/mol. The highest BCUT2D eigenvalue weighted by Crippen LogP contribution is 2.23. The van der Waals surface area contributed by atoms with Crippen LogP contribution in [0.1, 0.15) is 40.9 Å². The van der Waals surface area contributed by atoms with Gasteiger partial charge in [-0.15, -0.1) is 0 Å². The first-order chi connectivity index (χ1) is 11.0. The number of furan rings is 1. The SMILES string of the molecule is CCc1c(C)nn(C(=O)C2CC(=O)N(Cc3ccco3)C2)c1C. The van der Waals surface area contributed by atoms with Crippen molar-refractivity contribution in [3.8, 4) is 0 Å². The normalized spacial score (nSPS) is 18.0. The fourth-order valence-corrected chi connectivity index (χ4v) is 3.26. The summed E-state index contributed by atoms with van der Waals surface area (Å²) in [6.07, 6.45) is 2.67. The predicted octanol–water partition coefficient (Wildman–Crippen LogP) is 2.34. The number of likely N-dealkylation sites (tertiary alicyclic amines) is 1. The summed E-state index contributed by atoms with van der Waals surface area (Å²) in [6, 6.07) is 3.62. The van der Waals surface area contributed by atoms with Crippen LogP contribution in [0.25, 0.3) is 0 Å². The molecule has 23 heavy (non-hydrogen) atoms. The molecule has 2 aromatic rings. The first-order valence-corrected chi connectivity index (χ1v) is 7.90. The van der Waals surface area contributed by atoms with Crippen LogP contribution in [0, 0.1) is 19.8 Å². The van der Waals surface area contributed by atoms with E-state index >= 15 is 0 Å². The van der Waals surface area contributed by atoms with E-state index in [1.54, 1.807) is 17.2 Å². The maximum absolute atomic E-state index is 12.7. The van der Waals surface area contributed by atoms with Crippen LogP contribution in [0.15, 0.2) is 22.8 Å². The fourth-order valence-electron chi connectivity index (χ4n) is 3.26. The molecule has 6 nitrogen and oxygen atoms in total. The van der Waals surface area contributed by atoms with Crippen LogP contribution in [0.2, 0.25) is 0 Å². The third-order valence-electron chi connectivity index (χ3n) is 4.49. The van der Waals surface area contributed by atoms with Gasteiger partial charge in [-0.25, -0.2) is 4.68 Å². The number of hydrogen-bond acceptors (Lipinski definition) is 4. The van der Waals surface area contributed by atoms with Gasteiger partial charge in [0.15, 0.2) is 0 Å². The number of hydrogen-bond donors (Lipinski definition) is 0. The van der Waals surface area contributed by atoms with Crippen molar-refractivity contribution in [1.82, 2.24) is 14.7 Å². The van der Waals surface area contributed by atoms with Crippen LogP contribution in [0.5, 0.6) is 0 Å². The van der Waals surface area contributed by atoms with Gasteiger partial charge in [0, 0.05) is 18.7 Å². The van der Waals surface area contributed by atoms with Crippen molar-refractivity contribution in [2.24, 2.45) is 5.92 Å². The standard InChI is InChI=1S/C17H21N3O3/c1-4-15-11(2)18-20(12(15)3)17(22)13-8-16(21)19(9-13)10-14-6-5-7-23-14/h5-7,13H,4,8-10H2,1-3H3. The molecule has 0 bridgehead atoms. The Morgan fingerprint density at radius 2 is 2.22 bits per heavy atom. The van der Waals surface area contributed by atoms with E-state index in [0.717, 1.165) is 29.1 Å². The zero-order valence-corrected chi connectivity index (χ0v) is 13.7. The summed E-state index contributed by atoms with van der Waals surface area (Å²) < 4.78 is 6.76. The number of aromatic nitrogens is 2. The molecule has 6 heteroatoms. The minimum atomic E-state index is -0.347. The lowest BCUT2D eigenvalue weighted by molar-refractivity contribution is -0.128. The number of nitrogens with zero attached hydrogens (tertiary/aromatic N) is 3. The Hall–Kier alpha value is -2.37. The molecular weight excluding hydrogens is 294 g/mol. The fraction of sp³-hybridized carbons (Fsp3) is 0.471. The number of amides is 1. The first-order valence-electron chi connectivity index (χ1n) is 7.90. The Labute approximate surface area is 135 Å². The van der Waals surface area contributed by atoms with Crippen molar-refractivity contribution in [2.75, 3.05) is 6.54 Å². The van der Waals surface area contributed by atoms with E-state index in [1.165, 1.54) is 4.68 Å². The van der Waals surface area contributed by atoms with E-state index in [1.807, 2.05) is 19.9 Å². The summed E-state index contributed by atoms with van der Waals surface area (Å²) in [5, 5.41) is 4.37. The maximum atomic E-state index is 12.7. The summed E-state index contributed by atoms with van der Waals surface area (Å²) in [6.45, 7) is 6.70. The minimum Gasteiger partial charge on any atom is -0.467 e. The van der Waals surface area contributed by atoms with Crippen molar-refractivity contribution in [3.05, 3.63) is 41.1 Å². The molecule has 1 aliphatic rings. The Morgan fingerprint density at radius 1 is 1.43 bits per heavy atom. The van der Waals surface area contributed by atoms with Crippen LogP contribution < -0.4 is 0 Å². The molecule has 1 amide bonds. The molecule has 0 N–H and O–H groups in total. The first kappa shape index (κ1) is 15.5. The second-order valence-electron chi connectivity index (χ2n) is 6.01. The Bertz CT molecular complexity index is 731. The van der Waals surface area contributed by atoms with Crippen molar-refractivity contribution in [1.29, 1.82) is 0 Å². The summed E-state index contributed by atoms with van der Waals surface area (Å²) in [5.41, 5.74) is 2.87. The molecule has 0 aromatic carbocycles. The highest BCUT2D eigenvalue weighted by atomic mass is 16.3. The second kappa shape index (κ2) is 6.02. The largest absolute Gasteiger partial charge is 0.467 e. The molecule has 122 valence electrons. The van der Waals surface area contributed by atoms with Gasteiger partial charge >= 0.3 is 0 Å². The van der Waals surface area contributed by atoms with E-state index in [0.29, 0.717) is 13.1 Å². The molecule has 3 rings (SSSR count). The summed E-state index contributed by atoms with van der Waals surface area (Å²) in [4.78, 5) is 26.6. The molecular formula is C17H21N3O3. The van der Waals surface area contributed by atoms with Gasteiger partial charge < -0.3 is 9.32 Å². The highest BCUT2D eigenvalue weighted by molar-refractivity contribution is 5.90. The Balaban J connectivity index is 1.75. The second-order valence-corrected chi connectivity index (χ2v) is 6.01. The predicted molar refractivity (Wildman–Crippen MR) is 83.9 cm³/mol. The summed E-state index contributed by atoms with van der Waals surface area (Å²) >= 11 is 0. The molecule has 0 aliphatic carbocycles. The molecule has 0 saturated carbocycles. The van der Waals surface area contributed by atoms with E-state index in [-0.39, 0.29) is 24.2 Å². The molecule has 1 saturated heterocycles. The third-order valence-corrected chi connectivity index (χ3v) is 4.49. The zero-order chi connectivity index (χ0) is 16.6. The highest BCUT2D eigenvalue weighted by Gasteiger charge is 2.36. The van der Waals surface area contributed by atoms with Gasteiger partial charge in [0.2, 0.25) is 5.91 Å². The smallest absolute Gasteiger partial charge is 0.252 e. The molecule has 0 spiro atoms. The van der Waals surface area contributed by atoms with Crippen LogP contribution in [0.4, 0.5) is 0 Å². The van der Waals surface area contributed by atoms with E-state index in [9.17, 15) is 9.59 Å². The Kier molecular flexibility index (Phi) is 4.07. The molecule has 1 atom stereocenters. The molecule has 0 radical (unpaired) electrons. The number of carbonyl (C=O) groups excluding carboxylic acids is 2. The van der Waals surface area contributed by atoms with E-state index < -0.39 is 0 Å². The van der Waals surface area contributed by atoms with Gasteiger partial charge in [0.25, 0.3) is 5.91 Å². The van der Waals surface area contributed by atoms with E-state index in [4.69, 9.17) is 4.42 Å². The lowest BCUT2D eigenvalue weighted by atomic mass is 10.1. The van der Waals surface area contributed by atoms with Crippen LogP contribution in [0.3, 0.4) is 0 Å². The van der Waals surface area contributed by atoms with Crippen LogP contribution in [-0.2, 0) is 17.8 Å². The molecule has 1 aliphatic heterocycles. The average Bonchev–Trinajstić information content (AvgIpc) is 3.21. The van der Waals surface area contributed by atoms with Crippen molar-refractivity contribution >= 4 is 11.8 Å². The van der Waals surface area contributed by atoms with Crippen LogP contribution in [-0.4, -0.2) is 33.0 Å². The monoisotopic (exact) mass is 315 g/mol. The van der Waals surface area contributed by atoms with Gasteiger partial charge in [0.1, 0.15) is 5.76 Å². The maximum Gasteiger partial charge on any atom is 0.252 e. The topological polar surface area (TPSA) is 68.3 Å².